The summed E-state index contributed by atoms with van der Waals surface area (Å²) in [5, 5.41) is 18.1. The molecule has 4 rings (SSSR count). The van der Waals surface area contributed by atoms with Crippen LogP contribution in [0, 0.1) is 12.3 Å². The van der Waals surface area contributed by atoms with Gasteiger partial charge in [-0.15, -0.1) is 5.10 Å². The molecule has 0 amide bonds. The number of nitrogen functional groups attached to an aromatic ring is 1. The molecule has 4 aromatic heterocycles. The number of aromatic nitrogens is 6. The van der Waals surface area contributed by atoms with Crippen LogP contribution >= 0.6 is 11.8 Å². The highest BCUT2D eigenvalue weighted by atomic mass is 32.2. The molecular weight excluding hydrogens is 348 g/mol. The maximum Gasteiger partial charge on any atom is 0.320 e. The molecule has 130 valence electrons. The lowest BCUT2D eigenvalue weighted by molar-refractivity contribution is -0.603. The van der Waals surface area contributed by atoms with Gasteiger partial charge in [-0.2, -0.15) is 10.5 Å². The molecule has 0 fully saturated rings. The Morgan fingerprint density at radius 2 is 2.15 bits per heavy atom. The topological polar surface area (TPSA) is 113 Å². The van der Waals surface area contributed by atoms with Crippen molar-refractivity contribution in [2.24, 2.45) is 7.05 Å². The minimum Gasteiger partial charge on any atom is -0.345 e. The van der Waals surface area contributed by atoms with E-state index >= 15 is 0 Å². The van der Waals surface area contributed by atoms with Gasteiger partial charge in [0, 0.05) is 53.1 Å². The van der Waals surface area contributed by atoms with Gasteiger partial charge in [0.1, 0.15) is 5.65 Å². The minimum atomic E-state index is 0.221. The number of anilines is 1. The second-order valence-electron chi connectivity index (χ2n) is 5.89. The van der Waals surface area contributed by atoms with E-state index in [0.29, 0.717) is 5.82 Å². The number of fused-ring (bicyclic) bond motifs is 1. The van der Waals surface area contributed by atoms with Gasteiger partial charge in [0.25, 0.3) is 0 Å². The van der Waals surface area contributed by atoms with Crippen molar-refractivity contribution >= 4 is 33.8 Å². The molecule has 0 aliphatic rings. The van der Waals surface area contributed by atoms with Crippen LogP contribution in [0.4, 0.5) is 5.82 Å². The molecule has 4 N–H and O–H groups in total. The fourth-order valence-electron chi connectivity index (χ4n) is 2.63. The van der Waals surface area contributed by atoms with Crippen LogP contribution in [-0.2, 0) is 7.05 Å². The van der Waals surface area contributed by atoms with Gasteiger partial charge in [-0.1, -0.05) is 4.68 Å². The van der Waals surface area contributed by atoms with E-state index in [-0.39, 0.29) is 5.17 Å². The van der Waals surface area contributed by atoms with Crippen molar-refractivity contribution in [2.45, 2.75) is 11.8 Å². The van der Waals surface area contributed by atoms with Crippen LogP contribution in [0.2, 0.25) is 0 Å². The second-order valence-corrected chi connectivity index (χ2v) is 6.93. The lowest BCUT2D eigenvalue weighted by Crippen LogP contribution is -2.47. The number of nitrogens with zero attached hydrogens (tertiary/aromatic N) is 5. The maximum absolute atomic E-state index is 8.38. The molecule has 0 aliphatic carbocycles. The zero-order valence-corrected chi connectivity index (χ0v) is 15.1. The molecule has 9 heteroatoms. The minimum absolute atomic E-state index is 0.221. The van der Waals surface area contributed by atoms with Gasteiger partial charge in [0.15, 0.2) is 0 Å². The average molecular weight is 365 g/mol. The van der Waals surface area contributed by atoms with Crippen LogP contribution in [0.3, 0.4) is 0 Å². The molecule has 0 saturated heterocycles. The summed E-state index contributed by atoms with van der Waals surface area (Å²) in [7, 11) is 1.88. The van der Waals surface area contributed by atoms with Crippen LogP contribution in [0.15, 0.2) is 47.9 Å². The Morgan fingerprint density at radius 3 is 2.92 bits per heavy atom. The van der Waals surface area contributed by atoms with E-state index < -0.39 is 0 Å². The van der Waals surface area contributed by atoms with E-state index in [1.165, 1.54) is 16.4 Å². The monoisotopic (exact) mass is 365 g/mol. The third kappa shape index (κ3) is 2.93. The zero-order chi connectivity index (χ0) is 18.3. The second kappa shape index (κ2) is 6.26. The van der Waals surface area contributed by atoms with E-state index in [2.05, 4.69) is 20.2 Å². The maximum atomic E-state index is 8.38. The number of nitrogens with two attached hydrogens (primary N) is 1. The highest BCUT2D eigenvalue weighted by Crippen LogP contribution is 2.30. The average Bonchev–Trinajstić information content (AvgIpc) is 3.23. The Balaban J connectivity index is 1.70. The Hall–Kier alpha value is -3.20. The van der Waals surface area contributed by atoms with E-state index in [0.717, 1.165) is 32.7 Å². The summed E-state index contributed by atoms with van der Waals surface area (Å²) in [5.74, 6) is 0.419. The fraction of sp³-hybridized carbons (Fsp3) is 0.118. The van der Waals surface area contributed by atoms with E-state index in [4.69, 9.17) is 11.1 Å². The normalized spacial score (nSPS) is 11.2. The van der Waals surface area contributed by atoms with Crippen molar-refractivity contribution in [3.63, 3.8) is 0 Å². The number of nitrogens with one attached hydrogen (secondary N) is 2. The third-order valence-electron chi connectivity index (χ3n) is 3.93. The van der Waals surface area contributed by atoms with Crippen LogP contribution in [-0.4, -0.2) is 30.0 Å². The van der Waals surface area contributed by atoms with Crippen molar-refractivity contribution < 1.29 is 4.68 Å². The Labute approximate surface area is 153 Å². The van der Waals surface area contributed by atoms with Gasteiger partial charge in [-0.3, -0.25) is 4.68 Å². The quantitative estimate of drug-likeness (QED) is 0.218. The largest absolute Gasteiger partial charge is 0.345 e. The number of hydrogen-bond acceptors (Lipinski definition) is 6. The number of thioether (sulfide) groups is 1. The van der Waals surface area contributed by atoms with Gasteiger partial charge < -0.3 is 10.7 Å². The zero-order valence-electron chi connectivity index (χ0n) is 14.3. The summed E-state index contributed by atoms with van der Waals surface area (Å²) in [6.45, 7) is 1.86. The first-order valence-electron chi connectivity index (χ1n) is 7.89. The number of aromatic amines is 1. The van der Waals surface area contributed by atoms with Gasteiger partial charge in [-0.25, -0.2) is 4.98 Å². The fourth-order valence-corrected chi connectivity index (χ4v) is 3.45. The smallest absolute Gasteiger partial charge is 0.320 e. The molecule has 0 bridgehead atoms. The summed E-state index contributed by atoms with van der Waals surface area (Å²) < 4.78 is 3.18. The van der Waals surface area contributed by atoms with Crippen LogP contribution in [0.25, 0.3) is 22.2 Å². The molecule has 26 heavy (non-hydrogen) atoms. The number of H-pyrrole nitrogens is 1. The molecule has 0 unspecified atom stereocenters. The van der Waals surface area contributed by atoms with Crippen molar-refractivity contribution in [2.75, 3.05) is 5.73 Å². The number of rotatable bonds is 2. The Bertz CT molecular complexity index is 1130. The van der Waals surface area contributed by atoms with Crippen molar-refractivity contribution in [3.8, 4) is 11.1 Å². The van der Waals surface area contributed by atoms with Crippen LogP contribution in [0.5, 0.6) is 0 Å². The lowest BCUT2D eigenvalue weighted by atomic mass is 10.1. The summed E-state index contributed by atoms with van der Waals surface area (Å²) in [6.07, 6.45) is 7.40. The molecule has 8 nitrogen and oxygen atoms in total. The Morgan fingerprint density at radius 1 is 1.31 bits per heavy atom. The van der Waals surface area contributed by atoms with Crippen LogP contribution in [0.1, 0.15) is 5.69 Å². The summed E-state index contributed by atoms with van der Waals surface area (Å²) in [6, 6.07) is 5.61. The van der Waals surface area contributed by atoms with Gasteiger partial charge in [-0.05, 0) is 30.8 Å². The molecule has 4 heterocycles. The van der Waals surface area contributed by atoms with E-state index in [1.54, 1.807) is 16.9 Å². The van der Waals surface area contributed by atoms with Gasteiger partial charge in [0.2, 0.25) is 5.82 Å². The molecule has 4 aromatic rings. The predicted molar refractivity (Wildman–Crippen MR) is 101 cm³/mol. The van der Waals surface area contributed by atoms with Crippen molar-refractivity contribution in [1.29, 1.82) is 5.41 Å². The molecule has 0 spiro atoms. The summed E-state index contributed by atoms with van der Waals surface area (Å²) >= 11 is 1.28. The first kappa shape index (κ1) is 16.3. The molecular formula is C17H17N8S+. The number of aryl methyl sites for hydroxylation is 2. The summed E-state index contributed by atoms with van der Waals surface area (Å²) in [5.41, 5.74) is 9.48. The van der Waals surface area contributed by atoms with Crippen molar-refractivity contribution in [1.82, 2.24) is 24.8 Å². The van der Waals surface area contributed by atoms with Gasteiger partial charge >= 0.3 is 5.17 Å². The van der Waals surface area contributed by atoms with Gasteiger partial charge in [0.05, 0.1) is 11.9 Å². The number of pyridine rings is 1. The van der Waals surface area contributed by atoms with Crippen LogP contribution < -0.4 is 10.4 Å². The molecule has 0 aliphatic heterocycles. The lowest BCUT2D eigenvalue weighted by Gasteiger charge is -2.03. The predicted octanol–water partition coefficient (Wildman–Crippen LogP) is 2.11. The first-order valence-corrected chi connectivity index (χ1v) is 8.71. The summed E-state index contributed by atoms with van der Waals surface area (Å²) in [4.78, 5) is 8.51. The first-order chi connectivity index (χ1) is 12.5. The third-order valence-corrected chi connectivity index (χ3v) is 4.85. The molecule has 0 atom stereocenters. The number of hydrogen-bond donors (Lipinski definition) is 3. The van der Waals surface area contributed by atoms with E-state index in [1.807, 2.05) is 44.7 Å². The molecule has 0 saturated carbocycles. The molecule has 0 aromatic carbocycles. The highest BCUT2D eigenvalue weighted by molar-refractivity contribution is 8.13. The van der Waals surface area contributed by atoms with E-state index in [9.17, 15) is 0 Å². The molecule has 0 radical (unpaired) electrons. The SMILES string of the molecule is Cc1ccc(N)[n+](C(=N)Sc2c[nH]c3ncc(-c4cnn(C)c4)cc23)n1. The Kier molecular flexibility index (Phi) is 3.92. The highest BCUT2D eigenvalue weighted by Gasteiger charge is 2.18. The van der Waals surface area contributed by atoms with Crippen molar-refractivity contribution in [3.05, 3.63) is 48.7 Å². The standard InChI is InChI=1S/C17H16N8S/c1-10-3-4-15(18)25(23-10)17(19)26-14-8-21-16-13(14)5-11(6-20-16)12-7-22-24(2)9-12/h3-9,18-19H,1-2H3,(H,20,21)/p+1.